The predicted octanol–water partition coefficient (Wildman–Crippen LogP) is 2.53. The molecule has 1 heterocycles. The summed E-state index contributed by atoms with van der Waals surface area (Å²) in [6.45, 7) is 6.90. The minimum Gasteiger partial charge on any atom is -0.340 e. The molecule has 0 aromatic heterocycles. The van der Waals surface area contributed by atoms with Gasteiger partial charge >= 0.3 is 0 Å². The molecule has 1 aliphatic heterocycles. The van der Waals surface area contributed by atoms with E-state index in [2.05, 4.69) is 45.4 Å². The second kappa shape index (κ2) is 5.74. The van der Waals surface area contributed by atoms with Crippen molar-refractivity contribution >= 4 is 27.8 Å². The average Bonchev–Trinajstić information content (AvgIpc) is 2.72. The fourth-order valence-electron chi connectivity index (χ4n) is 1.87. The van der Waals surface area contributed by atoms with Gasteiger partial charge in [0, 0.05) is 11.0 Å². The maximum Gasteiger partial charge on any atom is 0.253 e. The van der Waals surface area contributed by atoms with Crippen molar-refractivity contribution in [1.29, 1.82) is 0 Å². The molecule has 0 radical (unpaired) electrons. The molecule has 0 aliphatic carbocycles. The molecule has 4 nitrogen and oxygen atoms in total. The van der Waals surface area contributed by atoms with Crippen LogP contribution in [0, 0.1) is 12.8 Å². The van der Waals surface area contributed by atoms with E-state index >= 15 is 0 Å². The molecule has 102 valence electrons. The highest BCUT2D eigenvalue weighted by atomic mass is 79.9. The zero-order chi connectivity index (χ0) is 14.0. The maximum atomic E-state index is 12.0. The van der Waals surface area contributed by atoms with Gasteiger partial charge in [0.2, 0.25) is 0 Å². The Kier molecular flexibility index (Phi) is 4.24. The Labute approximate surface area is 121 Å². The molecular weight excluding hydrogens is 306 g/mol. The van der Waals surface area contributed by atoms with E-state index in [1.807, 2.05) is 25.1 Å². The first-order valence-electron chi connectivity index (χ1n) is 6.35. The van der Waals surface area contributed by atoms with Gasteiger partial charge in [-0.15, -0.1) is 0 Å². The summed E-state index contributed by atoms with van der Waals surface area (Å²) in [7, 11) is 0. The lowest BCUT2D eigenvalue weighted by atomic mass is 10.0. The number of hydrogen-bond acceptors (Lipinski definition) is 2. The normalized spacial score (nSPS) is 20.8. The maximum absolute atomic E-state index is 12.0. The van der Waals surface area contributed by atoms with Gasteiger partial charge in [-0.1, -0.05) is 41.9 Å². The Balaban J connectivity index is 2.15. The molecule has 0 bridgehead atoms. The van der Waals surface area contributed by atoms with Gasteiger partial charge in [-0.2, -0.15) is 0 Å². The molecular formula is C14H18BrN3O. The summed E-state index contributed by atoms with van der Waals surface area (Å²) in [6, 6.07) is 5.56. The molecule has 1 aromatic rings. The predicted molar refractivity (Wildman–Crippen MR) is 80.0 cm³/mol. The van der Waals surface area contributed by atoms with Crippen LogP contribution >= 0.6 is 15.9 Å². The number of nitrogens with one attached hydrogen (secondary N) is 2. The zero-order valence-corrected chi connectivity index (χ0v) is 12.9. The molecule has 1 aliphatic rings. The van der Waals surface area contributed by atoms with Crippen LogP contribution in [0.15, 0.2) is 27.7 Å². The molecule has 5 heteroatoms. The second-order valence-electron chi connectivity index (χ2n) is 5.16. The summed E-state index contributed by atoms with van der Waals surface area (Å²) in [5, 5.41) is 5.91. The Morgan fingerprint density at radius 2 is 2.16 bits per heavy atom. The van der Waals surface area contributed by atoms with Crippen LogP contribution in [0.25, 0.3) is 0 Å². The SMILES string of the molecule is Cc1cc(C2NC(=NCC(C)C)NC2=O)ccc1Br. The third-order valence-corrected chi connectivity index (χ3v) is 3.80. The van der Waals surface area contributed by atoms with E-state index in [0.29, 0.717) is 18.4 Å². The quantitative estimate of drug-likeness (QED) is 0.898. The topological polar surface area (TPSA) is 53.5 Å². The van der Waals surface area contributed by atoms with Gasteiger partial charge in [-0.05, 0) is 30.0 Å². The number of aryl methyl sites for hydroxylation is 1. The first-order chi connectivity index (χ1) is 8.97. The van der Waals surface area contributed by atoms with Crippen molar-refractivity contribution in [2.45, 2.75) is 26.8 Å². The van der Waals surface area contributed by atoms with Crippen molar-refractivity contribution < 1.29 is 4.79 Å². The molecule has 1 fully saturated rings. The molecule has 19 heavy (non-hydrogen) atoms. The van der Waals surface area contributed by atoms with E-state index in [1.54, 1.807) is 0 Å². The minimum atomic E-state index is -0.349. The highest BCUT2D eigenvalue weighted by Crippen LogP contribution is 2.23. The number of aliphatic imine (C=N–C) groups is 1. The van der Waals surface area contributed by atoms with Crippen LogP contribution in [-0.2, 0) is 4.79 Å². The second-order valence-corrected chi connectivity index (χ2v) is 6.01. The number of carbonyl (C=O) groups excluding carboxylic acids is 1. The smallest absolute Gasteiger partial charge is 0.253 e. The molecule has 0 saturated carbocycles. The number of carbonyl (C=O) groups is 1. The first-order valence-corrected chi connectivity index (χ1v) is 7.14. The third kappa shape index (κ3) is 3.35. The molecule has 1 unspecified atom stereocenters. The van der Waals surface area contributed by atoms with Crippen LogP contribution in [0.1, 0.15) is 31.0 Å². The van der Waals surface area contributed by atoms with Gasteiger partial charge in [-0.3, -0.25) is 15.1 Å². The van der Waals surface area contributed by atoms with Gasteiger partial charge < -0.3 is 5.32 Å². The average molecular weight is 324 g/mol. The number of rotatable bonds is 3. The molecule has 2 N–H and O–H groups in total. The molecule has 1 saturated heterocycles. The fourth-order valence-corrected chi connectivity index (χ4v) is 2.12. The van der Waals surface area contributed by atoms with Crippen LogP contribution in [0.4, 0.5) is 0 Å². The summed E-state index contributed by atoms with van der Waals surface area (Å²) in [5.41, 5.74) is 2.06. The lowest BCUT2D eigenvalue weighted by Crippen LogP contribution is -2.26. The van der Waals surface area contributed by atoms with Crippen LogP contribution < -0.4 is 10.6 Å². The van der Waals surface area contributed by atoms with E-state index in [-0.39, 0.29) is 11.9 Å². The van der Waals surface area contributed by atoms with Crippen molar-refractivity contribution in [3.05, 3.63) is 33.8 Å². The largest absolute Gasteiger partial charge is 0.340 e. The number of halogens is 1. The summed E-state index contributed by atoms with van der Waals surface area (Å²) < 4.78 is 1.04. The summed E-state index contributed by atoms with van der Waals surface area (Å²) in [5.74, 6) is 0.994. The fraction of sp³-hybridized carbons (Fsp3) is 0.429. The molecule has 2 rings (SSSR count). The van der Waals surface area contributed by atoms with Crippen LogP contribution in [0.2, 0.25) is 0 Å². The summed E-state index contributed by atoms with van der Waals surface area (Å²) in [4.78, 5) is 16.3. The molecule has 0 spiro atoms. The van der Waals surface area contributed by atoms with Crippen molar-refractivity contribution in [3.63, 3.8) is 0 Å². The van der Waals surface area contributed by atoms with Gasteiger partial charge in [0.15, 0.2) is 5.96 Å². The van der Waals surface area contributed by atoms with E-state index in [0.717, 1.165) is 15.6 Å². The minimum absolute atomic E-state index is 0.0516. The summed E-state index contributed by atoms with van der Waals surface area (Å²) >= 11 is 3.46. The van der Waals surface area contributed by atoms with Crippen molar-refractivity contribution in [2.75, 3.05) is 6.54 Å². The number of hydrogen-bond donors (Lipinski definition) is 2. The van der Waals surface area contributed by atoms with Crippen LogP contribution in [0.3, 0.4) is 0 Å². The highest BCUT2D eigenvalue weighted by molar-refractivity contribution is 9.10. The Morgan fingerprint density at radius 3 is 2.79 bits per heavy atom. The Morgan fingerprint density at radius 1 is 1.42 bits per heavy atom. The molecule has 1 aromatic carbocycles. The first kappa shape index (κ1) is 14.1. The van der Waals surface area contributed by atoms with Gasteiger partial charge in [-0.25, -0.2) is 0 Å². The van der Waals surface area contributed by atoms with Crippen molar-refractivity contribution in [2.24, 2.45) is 10.9 Å². The highest BCUT2D eigenvalue weighted by Gasteiger charge is 2.29. The van der Waals surface area contributed by atoms with Gasteiger partial charge in [0.1, 0.15) is 6.04 Å². The number of benzene rings is 1. The van der Waals surface area contributed by atoms with Gasteiger partial charge in [0.25, 0.3) is 5.91 Å². The third-order valence-electron chi connectivity index (χ3n) is 2.91. The van der Waals surface area contributed by atoms with Gasteiger partial charge in [0.05, 0.1) is 0 Å². The summed E-state index contributed by atoms with van der Waals surface area (Å²) in [6.07, 6.45) is 0. The van der Waals surface area contributed by atoms with E-state index in [1.165, 1.54) is 0 Å². The number of nitrogens with zero attached hydrogens (tertiary/aromatic N) is 1. The van der Waals surface area contributed by atoms with E-state index < -0.39 is 0 Å². The van der Waals surface area contributed by atoms with Crippen molar-refractivity contribution in [1.82, 2.24) is 10.6 Å². The molecule has 1 atom stereocenters. The van der Waals surface area contributed by atoms with E-state index in [4.69, 9.17) is 0 Å². The van der Waals surface area contributed by atoms with Crippen molar-refractivity contribution in [3.8, 4) is 0 Å². The zero-order valence-electron chi connectivity index (χ0n) is 11.3. The van der Waals surface area contributed by atoms with E-state index in [9.17, 15) is 4.79 Å². The lowest BCUT2D eigenvalue weighted by molar-refractivity contribution is -0.120. The number of guanidine groups is 1. The van der Waals surface area contributed by atoms with Crippen LogP contribution in [0.5, 0.6) is 0 Å². The monoisotopic (exact) mass is 323 g/mol. The molecule has 1 amide bonds. The standard InChI is InChI=1S/C14H18BrN3O/c1-8(2)7-16-14-17-12(13(19)18-14)10-4-5-11(15)9(3)6-10/h4-6,8,12H,7H2,1-3H3,(H2,16,17,18,19). The number of amides is 1. The Hall–Kier alpha value is -1.36. The Bertz CT molecular complexity index is 525. The van der Waals surface area contributed by atoms with Crippen LogP contribution in [-0.4, -0.2) is 18.4 Å². The lowest BCUT2D eigenvalue weighted by Gasteiger charge is -2.10.